The van der Waals surface area contributed by atoms with Crippen LogP contribution in [0.5, 0.6) is 5.75 Å². The fraction of sp³-hybridized carbons (Fsp3) is 0.588. The maximum Gasteiger partial charge on any atom is 0.237 e. The van der Waals surface area contributed by atoms with Gasteiger partial charge in [0, 0.05) is 19.6 Å². The van der Waals surface area contributed by atoms with Gasteiger partial charge in [-0.05, 0) is 51.4 Å². The molecule has 122 valence electrons. The Morgan fingerprint density at radius 3 is 2.45 bits per heavy atom. The van der Waals surface area contributed by atoms with Crippen LogP contribution in [0, 0.1) is 0 Å². The summed E-state index contributed by atoms with van der Waals surface area (Å²) in [4.78, 5) is 13.6. The average Bonchev–Trinajstić information content (AvgIpc) is 2.49. The van der Waals surface area contributed by atoms with Crippen LogP contribution in [0.15, 0.2) is 24.3 Å². The summed E-state index contributed by atoms with van der Waals surface area (Å²) < 4.78 is 6.02. The topological polar surface area (TPSA) is 67.6 Å². The summed E-state index contributed by atoms with van der Waals surface area (Å²) in [5.41, 5.74) is 5.74. The summed E-state index contributed by atoms with van der Waals surface area (Å²) in [6.45, 7) is 6.36. The number of benzene rings is 1. The van der Waals surface area contributed by atoms with Crippen LogP contribution in [-0.4, -0.2) is 42.6 Å². The van der Waals surface area contributed by atoms with E-state index in [1.54, 1.807) is 13.8 Å². The van der Waals surface area contributed by atoms with Crippen LogP contribution >= 0.6 is 0 Å². The second-order valence-electron chi connectivity index (χ2n) is 6.61. The number of nitrogens with one attached hydrogen (secondary N) is 1. The third-order valence-corrected chi connectivity index (χ3v) is 4.24. The lowest BCUT2D eigenvalue weighted by atomic mass is 10.0. The summed E-state index contributed by atoms with van der Waals surface area (Å²) in [6.07, 6.45) is 2.47. The quantitative estimate of drug-likeness (QED) is 0.836. The number of piperidine rings is 1. The number of nitrogens with zero attached hydrogens (tertiary/aromatic N) is 1. The van der Waals surface area contributed by atoms with Crippen LogP contribution in [0.25, 0.3) is 0 Å². The highest BCUT2D eigenvalue weighted by atomic mass is 16.5. The minimum Gasteiger partial charge on any atom is -0.490 e. The molecule has 2 rings (SSSR count). The molecular weight excluding hydrogens is 278 g/mol. The number of likely N-dealkylation sites (tertiary alicyclic amines) is 1. The van der Waals surface area contributed by atoms with E-state index in [4.69, 9.17) is 10.5 Å². The Kier molecular flexibility index (Phi) is 5.42. The fourth-order valence-electron chi connectivity index (χ4n) is 2.39. The molecule has 0 saturated carbocycles. The van der Waals surface area contributed by atoms with Gasteiger partial charge in [0.05, 0.1) is 5.54 Å². The summed E-state index contributed by atoms with van der Waals surface area (Å²) >= 11 is 0. The smallest absolute Gasteiger partial charge is 0.237 e. The minimum absolute atomic E-state index is 0.314. The van der Waals surface area contributed by atoms with Crippen molar-refractivity contribution >= 4 is 5.91 Å². The van der Waals surface area contributed by atoms with E-state index < -0.39 is 5.54 Å². The van der Waals surface area contributed by atoms with Crippen molar-refractivity contribution in [1.29, 1.82) is 0 Å². The Bertz CT molecular complexity index is 491. The molecule has 1 fully saturated rings. The zero-order chi connectivity index (χ0) is 16.2. The highest BCUT2D eigenvalue weighted by molar-refractivity contribution is 5.83. The Balaban J connectivity index is 1.84. The van der Waals surface area contributed by atoms with Crippen molar-refractivity contribution in [2.24, 2.45) is 5.73 Å². The molecule has 1 aliphatic heterocycles. The predicted octanol–water partition coefficient (Wildman–Crippen LogP) is 1.51. The number of rotatable bonds is 6. The summed E-state index contributed by atoms with van der Waals surface area (Å²) in [7, 11) is 2.14. The molecule has 0 atom stereocenters. The summed E-state index contributed by atoms with van der Waals surface area (Å²) in [5.74, 6) is 0.558. The van der Waals surface area contributed by atoms with Gasteiger partial charge in [-0.1, -0.05) is 12.1 Å². The molecule has 0 spiro atoms. The fourth-order valence-corrected chi connectivity index (χ4v) is 2.39. The third-order valence-electron chi connectivity index (χ3n) is 4.24. The second-order valence-corrected chi connectivity index (χ2v) is 6.61. The lowest BCUT2D eigenvalue weighted by Gasteiger charge is -2.29. The largest absolute Gasteiger partial charge is 0.490 e. The number of carbonyl (C=O) groups is 1. The standard InChI is InChI=1S/C17H27N3O2/c1-17(2,16(18)21)19-12-13-4-6-14(7-5-13)22-15-8-10-20(3)11-9-15/h4-7,15,19H,8-12H2,1-3H3,(H2,18,21). The third kappa shape index (κ3) is 4.71. The number of ether oxygens (including phenoxy) is 1. The van der Waals surface area contributed by atoms with Crippen LogP contribution in [0.1, 0.15) is 32.3 Å². The van der Waals surface area contributed by atoms with Gasteiger partial charge in [0.1, 0.15) is 11.9 Å². The Morgan fingerprint density at radius 2 is 1.91 bits per heavy atom. The Labute approximate surface area is 132 Å². The molecule has 0 aromatic heterocycles. The first-order valence-electron chi connectivity index (χ1n) is 7.86. The molecule has 0 bridgehead atoms. The molecule has 1 aromatic rings. The number of hydrogen-bond donors (Lipinski definition) is 2. The predicted molar refractivity (Wildman–Crippen MR) is 87.7 cm³/mol. The van der Waals surface area contributed by atoms with Crippen molar-refractivity contribution in [3.63, 3.8) is 0 Å². The monoisotopic (exact) mass is 305 g/mol. The van der Waals surface area contributed by atoms with Gasteiger partial charge in [-0.25, -0.2) is 0 Å². The minimum atomic E-state index is -0.705. The van der Waals surface area contributed by atoms with E-state index in [0.29, 0.717) is 12.6 Å². The van der Waals surface area contributed by atoms with Crippen LogP contribution in [0.4, 0.5) is 0 Å². The molecule has 1 heterocycles. The number of amides is 1. The molecular formula is C17H27N3O2. The maximum absolute atomic E-state index is 11.3. The summed E-state index contributed by atoms with van der Waals surface area (Å²) in [5, 5.41) is 3.16. The Morgan fingerprint density at radius 1 is 1.32 bits per heavy atom. The van der Waals surface area contributed by atoms with E-state index in [1.807, 2.05) is 24.3 Å². The first-order chi connectivity index (χ1) is 10.4. The first kappa shape index (κ1) is 16.8. The lowest BCUT2D eigenvalue weighted by Crippen LogP contribution is -2.50. The van der Waals surface area contributed by atoms with Gasteiger partial charge >= 0.3 is 0 Å². The normalized spacial score (nSPS) is 17.4. The van der Waals surface area contributed by atoms with E-state index in [0.717, 1.165) is 37.2 Å². The van der Waals surface area contributed by atoms with Crippen molar-refractivity contribution in [1.82, 2.24) is 10.2 Å². The van der Waals surface area contributed by atoms with Crippen LogP contribution in [0.3, 0.4) is 0 Å². The molecule has 3 N–H and O–H groups in total. The van der Waals surface area contributed by atoms with Gasteiger partial charge in [-0.3, -0.25) is 10.1 Å². The van der Waals surface area contributed by atoms with Crippen LogP contribution < -0.4 is 15.8 Å². The molecule has 0 unspecified atom stereocenters. The number of nitrogens with two attached hydrogens (primary N) is 1. The van der Waals surface area contributed by atoms with Crippen LogP contribution in [0.2, 0.25) is 0 Å². The van der Waals surface area contributed by atoms with Crippen LogP contribution in [-0.2, 0) is 11.3 Å². The number of hydrogen-bond acceptors (Lipinski definition) is 4. The maximum atomic E-state index is 11.3. The second kappa shape index (κ2) is 7.11. The van der Waals surface area contributed by atoms with Gasteiger partial charge in [0.2, 0.25) is 5.91 Å². The number of carbonyl (C=O) groups excluding carboxylic acids is 1. The average molecular weight is 305 g/mol. The molecule has 22 heavy (non-hydrogen) atoms. The van der Waals surface area contributed by atoms with Gasteiger partial charge < -0.3 is 15.4 Å². The number of primary amides is 1. The zero-order valence-corrected chi connectivity index (χ0v) is 13.8. The molecule has 1 saturated heterocycles. The van der Waals surface area contributed by atoms with Gasteiger partial charge in [-0.2, -0.15) is 0 Å². The first-order valence-corrected chi connectivity index (χ1v) is 7.86. The molecule has 5 heteroatoms. The van der Waals surface area contributed by atoms with E-state index in [2.05, 4.69) is 17.3 Å². The van der Waals surface area contributed by atoms with E-state index in [9.17, 15) is 4.79 Å². The van der Waals surface area contributed by atoms with Crippen molar-refractivity contribution in [2.45, 2.75) is 44.9 Å². The SMILES string of the molecule is CN1CCC(Oc2ccc(CNC(C)(C)C(N)=O)cc2)CC1. The lowest BCUT2D eigenvalue weighted by molar-refractivity contribution is -0.123. The van der Waals surface area contributed by atoms with Crippen molar-refractivity contribution in [3.8, 4) is 5.75 Å². The molecule has 1 aromatic carbocycles. The molecule has 1 aliphatic rings. The van der Waals surface area contributed by atoms with Crippen molar-refractivity contribution in [3.05, 3.63) is 29.8 Å². The molecule has 1 amide bonds. The highest BCUT2D eigenvalue weighted by Crippen LogP contribution is 2.19. The molecule has 0 aliphatic carbocycles. The van der Waals surface area contributed by atoms with E-state index >= 15 is 0 Å². The van der Waals surface area contributed by atoms with Crippen molar-refractivity contribution < 1.29 is 9.53 Å². The highest BCUT2D eigenvalue weighted by Gasteiger charge is 2.23. The van der Waals surface area contributed by atoms with Gasteiger partial charge in [0.15, 0.2) is 0 Å². The Hall–Kier alpha value is -1.59. The van der Waals surface area contributed by atoms with E-state index in [-0.39, 0.29) is 5.91 Å². The van der Waals surface area contributed by atoms with E-state index in [1.165, 1.54) is 0 Å². The molecule has 5 nitrogen and oxygen atoms in total. The summed E-state index contributed by atoms with van der Waals surface area (Å²) in [6, 6.07) is 8.03. The molecule has 0 radical (unpaired) electrons. The van der Waals surface area contributed by atoms with Gasteiger partial charge in [0.25, 0.3) is 0 Å². The van der Waals surface area contributed by atoms with Crippen molar-refractivity contribution in [2.75, 3.05) is 20.1 Å². The zero-order valence-electron chi connectivity index (χ0n) is 13.8. The van der Waals surface area contributed by atoms with Gasteiger partial charge in [-0.15, -0.1) is 0 Å².